The first-order valence-corrected chi connectivity index (χ1v) is 13.2. The maximum absolute atomic E-state index is 12.2. The van der Waals surface area contributed by atoms with E-state index in [0.717, 1.165) is 10.2 Å². The van der Waals surface area contributed by atoms with Gasteiger partial charge in [-0.05, 0) is 36.2 Å². The number of nitrogens with zero attached hydrogens (tertiary/aromatic N) is 2. The average molecular weight is 505 g/mol. The van der Waals surface area contributed by atoms with Crippen molar-refractivity contribution in [3.8, 4) is 11.5 Å². The Kier molecular flexibility index (Phi) is 7.16. The van der Waals surface area contributed by atoms with Crippen LogP contribution >= 0.6 is 27.7 Å². The molecule has 0 saturated carbocycles. The van der Waals surface area contributed by atoms with E-state index in [1.54, 1.807) is 0 Å². The first kappa shape index (κ1) is 22.4. The van der Waals surface area contributed by atoms with Crippen molar-refractivity contribution in [2.75, 3.05) is 29.6 Å². The number of sulfone groups is 1. The number of benzene rings is 1. The fraction of sp³-hybridized carbons (Fsp3) is 0.579. The molecule has 0 N–H and O–H groups in total. The number of hydrogen-bond donors (Lipinski definition) is 0. The highest BCUT2D eigenvalue weighted by Gasteiger charge is 2.50. The van der Waals surface area contributed by atoms with Crippen LogP contribution in [0.2, 0.25) is 0 Å². The zero-order valence-electron chi connectivity index (χ0n) is 16.7. The number of thioether (sulfide) groups is 1. The molecular weight excluding hydrogens is 480 g/mol. The van der Waals surface area contributed by atoms with Crippen molar-refractivity contribution in [2.45, 2.75) is 44.9 Å². The molecule has 0 radical (unpaired) electrons. The van der Waals surface area contributed by atoms with Crippen molar-refractivity contribution in [1.29, 1.82) is 0 Å². The Hall–Kier alpha value is -1.26. The highest BCUT2D eigenvalue weighted by Crippen LogP contribution is 2.46. The van der Waals surface area contributed by atoms with Crippen LogP contribution in [0.5, 0.6) is 11.5 Å². The molecule has 2 fully saturated rings. The summed E-state index contributed by atoms with van der Waals surface area (Å²) in [4.78, 5) is 18.4. The van der Waals surface area contributed by atoms with Gasteiger partial charge in [0.25, 0.3) is 0 Å². The molecule has 2 saturated heterocycles. The van der Waals surface area contributed by atoms with Crippen molar-refractivity contribution in [1.82, 2.24) is 0 Å². The molecule has 29 heavy (non-hydrogen) atoms. The monoisotopic (exact) mass is 504 g/mol. The molecule has 3 rings (SSSR count). The van der Waals surface area contributed by atoms with Crippen LogP contribution in [0, 0.1) is 0 Å². The Morgan fingerprint density at radius 1 is 1.21 bits per heavy atom. The highest BCUT2D eigenvalue weighted by atomic mass is 79.9. The van der Waals surface area contributed by atoms with Crippen LogP contribution in [0.3, 0.4) is 0 Å². The summed E-state index contributed by atoms with van der Waals surface area (Å²) in [6, 6.07) is 3.37. The Balaban J connectivity index is 2.08. The summed E-state index contributed by atoms with van der Waals surface area (Å²) in [5.41, 5.74) is 0.719. The number of carbonyl (C=O) groups is 1. The molecule has 0 aromatic heterocycles. The van der Waals surface area contributed by atoms with Crippen molar-refractivity contribution in [3.63, 3.8) is 0 Å². The van der Waals surface area contributed by atoms with Crippen molar-refractivity contribution in [2.24, 2.45) is 4.99 Å². The Labute approximate surface area is 184 Å². The third-order valence-electron chi connectivity index (χ3n) is 4.62. The van der Waals surface area contributed by atoms with Gasteiger partial charge in [0.2, 0.25) is 5.91 Å². The number of carbonyl (C=O) groups excluding carboxylic acids is 1. The molecule has 2 aliphatic heterocycles. The zero-order valence-corrected chi connectivity index (χ0v) is 19.9. The lowest BCUT2D eigenvalue weighted by molar-refractivity contribution is -0.117. The van der Waals surface area contributed by atoms with Gasteiger partial charge in [-0.25, -0.2) is 8.42 Å². The topological polar surface area (TPSA) is 85.3 Å². The molecule has 2 atom stereocenters. The number of hydrogen-bond acceptors (Lipinski definition) is 6. The summed E-state index contributed by atoms with van der Waals surface area (Å²) in [7, 11) is -3.13. The minimum absolute atomic E-state index is 0.0370. The summed E-state index contributed by atoms with van der Waals surface area (Å²) < 4.78 is 36.6. The smallest absolute Gasteiger partial charge is 0.248 e. The van der Waals surface area contributed by atoms with E-state index < -0.39 is 9.84 Å². The van der Waals surface area contributed by atoms with Gasteiger partial charge in [0, 0.05) is 28.3 Å². The van der Waals surface area contributed by atoms with Gasteiger partial charge in [0.15, 0.2) is 26.5 Å². The second kappa shape index (κ2) is 9.26. The van der Waals surface area contributed by atoms with Gasteiger partial charge in [-0.3, -0.25) is 4.79 Å². The summed E-state index contributed by atoms with van der Waals surface area (Å²) >= 11 is 4.95. The fourth-order valence-electron chi connectivity index (χ4n) is 3.47. The van der Waals surface area contributed by atoms with Gasteiger partial charge in [0.1, 0.15) is 0 Å². The van der Waals surface area contributed by atoms with E-state index in [1.807, 2.05) is 37.8 Å². The normalized spacial score (nSPS) is 24.0. The second-order valence-corrected chi connectivity index (χ2v) is 11.0. The van der Waals surface area contributed by atoms with E-state index >= 15 is 0 Å². The molecule has 7 nitrogen and oxygen atoms in total. The minimum Gasteiger partial charge on any atom is -0.490 e. The molecule has 0 unspecified atom stereocenters. The summed E-state index contributed by atoms with van der Waals surface area (Å²) in [5, 5.41) is 0.392. The quantitative estimate of drug-likeness (QED) is 0.559. The molecule has 0 bridgehead atoms. The first-order valence-electron chi connectivity index (χ1n) is 9.66. The van der Waals surface area contributed by atoms with Crippen LogP contribution in [0.4, 0.5) is 5.69 Å². The SMILES string of the molecule is CCCC(=O)N=C1S[C@@H]2CS(=O)(=O)C[C@H]2N1c1cc(OCC)c(OCC)cc1Br. The van der Waals surface area contributed by atoms with Crippen molar-refractivity contribution < 1.29 is 22.7 Å². The average Bonchev–Trinajstić information content (AvgIpc) is 3.09. The van der Waals surface area contributed by atoms with Crippen molar-refractivity contribution >= 4 is 54.3 Å². The number of aliphatic imine (C=N–C) groups is 1. The fourth-order valence-corrected chi connectivity index (χ4v) is 7.91. The van der Waals surface area contributed by atoms with Gasteiger partial charge in [0.05, 0.1) is 36.4 Å². The van der Waals surface area contributed by atoms with E-state index in [2.05, 4.69) is 20.9 Å². The predicted molar refractivity (Wildman–Crippen MR) is 120 cm³/mol. The van der Waals surface area contributed by atoms with E-state index in [-0.39, 0.29) is 28.7 Å². The number of rotatable bonds is 7. The number of amidine groups is 1. The predicted octanol–water partition coefficient (Wildman–Crippen LogP) is 3.65. The van der Waals surface area contributed by atoms with Gasteiger partial charge in [-0.2, -0.15) is 4.99 Å². The van der Waals surface area contributed by atoms with E-state index in [1.165, 1.54) is 11.8 Å². The first-order chi connectivity index (χ1) is 13.8. The molecule has 0 spiro atoms. The molecule has 1 amide bonds. The molecule has 1 aromatic rings. The second-order valence-electron chi connectivity index (χ2n) is 6.83. The van der Waals surface area contributed by atoms with E-state index in [0.29, 0.717) is 42.7 Å². The summed E-state index contributed by atoms with van der Waals surface area (Å²) in [6.45, 7) is 6.67. The molecule has 2 heterocycles. The number of amides is 1. The van der Waals surface area contributed by atoms with Crippen LogP contribution in [0.15, 0.2) is 21.6 Å². The lowest BCUT2D eigenvalue weighted by atomic mass is 10.2. The third-order valence-corrected chi connectivity index (χ3v) is 8.47. The molecule has 0 aliphatic carbocycles. The minimum atomic E-state index is -3.13. The lowest BCUT2D eigenvalue weighted by Crippen LogP contribution is -2.38. The number of ether oxygens (including phenoxy) is 2. The molecule has 160 valence electrons. The standard InChI is InChI=1S/C19H25BrN2O5S2/c1-4-7-18(23)21-19-22(14-10-29(24,25)11-17(14)28-19)13-9-16(27-6-3)15(26-5-2)8-12(13)20/h8-9,14,17H,4-7,10-11H2,1-3H3/t14-,17-/m1/s1. The maximum Gasteiger partial charge on any atom is 0.248 e. The van der Waals surface area contributed by atoms with E-state index in [9.17, 15) is 13.2 Å². The number of fused-ring (bicyclic) bond motifs is 1. The number of anilines is 1. The molecule has 1 aromatic carbocycles. The Bertz CT molecular complexity index is 919. The molecule has 10 heteroatoms. The van der Waals surface area contributed by atoms with Crippen LogP contribution in [0.1, 0.15) is 33.6 Å². The zero-order chi connectivity index (χ0) is 21.2. The van der Waals surface area contributed by atoms with Gasteiger partial charge in [-0.15, -0.1) is 0 Å². The number of halogens is 1. The van der Waals surface area contributed by atoms with Gasteiger partial charge >= 0.3 is 0 Å². The largest absolute Gasteiger partial charge is 0.490 e. The van der Waals surface area contributed by atoms with Gasteiger partial charge < -0.3 is 14.4 Å². The maximum atomic E-state index is 12.2. The highest BCUT2D eigenvalue weighted by molar-refractivity contribution is 9.10. The molecular formula is C19H25BrN2O5S2. The third kappa shape index (κ3) is 4.91. The Morgan fingerprint density at radius 2 is 1.86 bits per heavy atom. The summed E-state index contributed by atoms with van der Waals surface area (Å²) in [6.07, 6.45) is 1.07. The van der Waals surface area contributed by atoms with Gasteiger partial charge in [-0.1, -0.05) is 18.7 Å². The lowest BCUT2D eigenvalue weighted by Gasteiger charge is -2.27. The van der Waals surface area contributed by atoms with Crippen LogP contribution in [0.25, 0.3) is 0 Å². The van der Waals surface area contributed by atoms with Crippen molar-refractivity contribution in [3.05, 3.63) is 16.6 Å². The van der Waals surface area contributed by atoms with Crippen LogP contribution in [-0.4, -0.2) is 55.5 Å². The Morgan fingerprint density at radius 3 is 2.48 bits per heavy atom. The summed E-state index contributed by atoms with van der Waals surface area (Å²) in [5.74, 6) is 1.10. The van der Waals surface area contributed by atoms with Crippen LogP contribution in [-0.2, 0) is 14.6 Å². The van der Waals surface area contributed by atoms with E-state index in [4.69, 9.17) is 9.47 Å². The van der Waals surface area contributed by atoms with Crippen LogP contribution < -0.4 is 14.4 Å². The molecule has 2 aliphatic rings.